The van der Waals surface area contributed by atoms with E-state index in [1.807, 2.05) is 78.9 Å². The Balaban J connectivity index is 1.42. The fraction of sp³-hybridized carbons (Fsp3) is 0.0312. The highest BCUT2D eigenvalue weighted by Gasteiger charge is 2.37. The standard InChI is InChI=1S/C32H22N2O5/c35-24-15-13-23(14-16-24)34-31(37)28(30(36)33-32(34)38)18-27-26-11-4-2-7-21(26)12-17-29(27)39-19-22-9-5-8-20-6-1-3-10-25(20)22/h1-18,35H,19H2,(H,33,36,38)/b28-18+. The number of phenolic OH excluding ortho intramolecular Hbond substituents is 1. The first-order valence-corrected chi connectivity index (χ1v) is 12.3. The number of anilines is 1. The molecule has 5 aromatic carbocycles. The van der Waals surface area contributed by atoms with Gasteiger partial charge in [-0.3, -0.25) is 14.9 Å². The Labute approximate surface area is 223 Å². The molecule has 5 aromatic rings. The van der Waals surface area contributed by atoms with Crippen molar-refractivity contribution < 1.29 is 24.2 Å². The number of aromatic hydroxyl groups is 1. The molecule has 190 valence electrons. The largest absolute Gasteiger partial charge is 0.508 e. The molecule has 2 N–H and O–H groups in total. The molecule has 0 unspecified atom stereocenters. The summed E-state index contributed by atoms with van der Waals surface area (Å²) < 4.78 is 6.30. The van der Waals surface area contributed by atoms with Crippen LogP contribution in [0.1, 0.15) is 11.1 Å². The van der Waals surface area contributed by atoms with Gasteiger partial charge in [0.05, 0.1) is 5.69 Å². The fourth-order valence-corrected chi connectivity index (χ4v) is 4.76. The summed E-state index contributed by atoms with van der Waals surface area (Å²) in [7, 11) is 0. The molecule has 4 amide bonds. The molecular weight excluding hydrogens is 492 g/mol. The summed E-state index contributed by atoms with van der Waals surface area (Å²) >= 11 is 0. The maximum Gasteiger partial charge on any atom is 0.335 e. The zero-order chi connectivity index (χ0) is 26.9. The fourth-order valence-electron chi connectivity index (χ4n) is 4.76. The number of amides is 4. The van der Waals surface area contributed by atoms with E-state index in [-0.39, 0.29) is 23.6 Å². The highest BCUT2D eigenvalue weighted by molar-refractivity contribution is 6.39. The zero-order valence-electron chi connectivity index (χ0n) is 20.6. The SMILES string of the molecule is O=C1NC(=O)N(c2ccc(O)cc2)C(=O)/C1=C/c1c(OCc2cccc3ccccc23)ccc2ccccc12. The second-order valence-electron chi connectivity index (χ2n) is 9.10. The van der Waals surface area contributed by atoms with Crippen molar-refractivity contribution in [2.24, 2.45) is 0 Å². The topological polar surface area (TPSA) is 95.9 Å². The lowest BCUT2D eigenvalue weighted by molar-refractivity contribution is -0.122. The number of benzene rings is 5. The summed E-state index contributed by atoms with van der Waals surface area (Å²) in [5.41, 5.74) is 1.55. The molecule has 1 saturated heterocycles. The average Bonchev–Trinajstić information content (AvgIpc) is 2.95. The van der Waals surface area contributed by atoms with Crippen LogP contribution in [0.3, 0.4) is 0 Å². The molecule has 1 fully saturated rings. The third kappa shape index (κ3) is 4.46. The Hall–Kier alpha value is -5.43. The van der Waals surface area contributed by atoms with Gasteiger partial charge in [0, 0.05) is 5.56 Å². The Morgan fingerprint density at radius 1 is 0.744 bits per heavy atom. The molecule has 0 aliphatic carbocycles. The molecule has 7 nitrogen and oxygen atoms in total. The lowest BCUT2D eigenvalue weighted by atomic mass is 9.99. The van der Waals surface area contributed by atoms with Gasteiger partial charge in [0.2, 0.25) is 0 Å². The van der Waals surface area contributed by atoms with Gasteiger partial charge in [0.1, 0.15) is 23.7 Å². The van der Waals surface area contributed by atoms with E-state index in [1.54, 1.807) is 0 Å². The third-order valence-corrected chi connectivity index (χ3v) is 6.69. The van der Waals surface area contributed by atoms with E-state index in [9.17, 15) is 19.5 Å². The molecule has 7 heteroatoms. The summed E-state index contributed by atoms with van der Waals surface area (Å²) in [5.74, 6) is -1.10. The number of carbonyl (C=O) groups excluding carboxylic acids is 3. The van der Waals surface area contributed by atoms with E-state index in [2.05, 4.69) is 5.32 Å². The van der Waals surface area contributed by atoms with Crippen molar-refractivity contribution in [3.8, 4) is 11.5 Å². The second-order valence-corrected chi connectivity index (χ2v) is 9.10. The molecule has 6 rings (SSSR count). The van der Waals surface area contributed by atoms with Crippen LogP contribution in [-0.4, -0.2) is 23.0 Å². The van der Waals surface area contributed by atoms with Crippen LogP contribution >= 0.6 is 0 Å². The number of barbiturate groups is 1. The van der Waals surface area contributed by atoms with Gasteiger partial charge in [-0.15, -0.1) is 0 Å². The first-order chi connectivity index (χ1) is 19.0. The maximum atomic E-state index is 13.5. The normalized spacial score (nSPS) is 14.7. The molecule has 0 saturated carbocycles. The molecule has 1 aliphatic heterocycles. The highest BCUT2D eigenvalue weighted by atomic mass is 16.5. The van der Waals surface area contributed by atoms with Crippen molar-refractivity contribution in [3.05, 3.63) is 120 Å². The number of carbonyl (C=O) groups is 3. The highest BCUT2D eigenvalue weighted by Crippen LogP contribution is 2.33. The van der Waals surface area contributed by atoms with Crippen molar-refractivity contribution in [2.75, 3.05) is 4.90 Å². The van der Waals surface area contributed by atoms with Crippen molar-refractivity contribution in [3.63, 3.8) is 0 Å². The number of nitrogens with one attached hydrogen (secondary N) is 1. The van der Waals surface area contributed by atoms with Crippen molar-refractivity contribution in [1.29, 1.82) is 0 Å². The van der Waals surface area contributed by atoms with Crippen LogP contribution < -0.4 is 15.0 Å². The van der Waals surface area contributed by atoms with Gasteiger partial charge in [-0.1, -0.05) is 72.8 Å². The number of hydrogen-bond acceptors (Lipinski definition) is 5. The van der Waals surface area contributed by atoms with E-state index in [0.717, 1.165) is 32.0 Å². The van der Waals surface area contributed by atoms with Crippen molar-refractivity contribution in [1.82, 2.24) is 5.32 Å². The summed E-state index contributed by atoms with van der Waals surface area (Å²) in [5, 5.41) is 15.7. The van der Waals surface area contributed by atoms with E-state index < -0.39 is 17.8 Å². The van der Waals surface area contributed by atoms with Gasteiger partial charge < -0.3 is 9.84 Å². The molecule has 0 bridgehead atoms. The van der Waals surface area contributed by atoms with E-state index in [0.29, 0.717) is 11.3 Å². The number of urea groups is 1. The number of fused-ring (bicyclic) bond motifs is 2. The van der Waals surface area contributed by atoms with Gasteiger partial charge in [0.25, 0.3) is 11.8 Å². The van der Waals surface area contributed by atoms with Crippen LogP contribution in [0.5, 0.6) is 11.5 Å². The summed E-state index contributed by atoms with van der Waals surface area (Å²) in [6, 6.07) is 30.1. The predicted molar refractivity (Wildman–Crippen MR) is 149 cm³/mol. The predicted octanol–water partition coefficient (Wildman–Crippen LogP) is 5.94. The number of ether oxygens (including phenoxy) is 1. The van der Waals surface area contributed by atoms with Crippen LogP contribution in [0, 0.1) is 0 Å². The van der Waals surface area contributed by atoms with Crippen LogP contribution in [0.15, 0.2) is 109 Å². The number of nitrogens with zero attached hydrogens (tertiary/aromatic N) is 1. The van der Waals surface area contributed by atoms with Gasteiger partial charge in [0.15, 0.2) is 0 Å². The van der Waals surface area contributed by atoms with Gasteiger partial charge >= 0.3 is 6.03 Å². The van der Waals surface area contributed by atoms with Crippen molar-refractivity contribution >= 4 is 51.2 Å². The van der Waals surface area contributed by atoms with Gasteiger partial charge in [-0.05, 0) is 63.5 Å². The first kappa shape index (κ1) is 23.9. The van der Waals surface area contributed by atoms with Crippen LogP contribution in [0.2, 0.25) is 0 Å². The lowest BCUT2D eigenvalue weighted by Gasteiger charge is -2.26. The third-order valence-electron chi connectivity index (χ3n) is 6.69. The summed E-state index contributed by atoms with van der Waals surface area (Å²) in [6.07, 6.45) is 1.47. The maximum absolute atomic E-state index is 13.5. The van der Waals surface area contributed by atoms with Crippen molar-refractivity contribution in [2.45, 2.75) is 6.61 Å². The molecule has 0 spiro atoms. The minimum atomic E-state index is -0.863. The minimum absolute atomic E-state index is 0.0146. The monoisotopic (exact) mass is 514 g/mol. The Bertz CT molecular complexity index is 1800. The lowest BCUT2D eigenvalue weighted by Crippen LogP contribution is -2.54. The average molecular weight is 515 g/mol. The second kappa shape index (κ2) is 9.79. The van der Waals surface area contributed by atoms with Gasteiger partial charge in [-0.25, -0.2) is 9.69 Å². The molecule has 0 atom stereocenters. The van der Waals surface area contributed by atoms with Crippen LogP contribution in [0.25, 0.3) is 27.6 Å². The smallest absolute Gasteiger partial charge is 0.335 e. The number of hydrogen-bond donors (Lipinski definition) is 2. The number of phenols is 1. The van der Waals surface area contributed by atoms with E-state index in [4.69, 9.17) is 4.74 Å². The van der Waals surface area contributed by atoms with E-state index >= 15 is 0 Å². The molecule has 39 heavy (non-hydrogen) atoms. The summed E-state index contributed by atoms with van der Waals surface area (Å²) in [4.78, 5) is 39.8. The number of rotatable bonds is 5. The van der Waals surface area contributed by atoms with E-state index in [1.165, 1.54) is 30.3 Å². The minimum Gasteiger partial charge on any atom is -0.508 e. The Morgan fingerprint density at radius 2 is 1.41 bits per heavy atom. The molecule has 1 heterocycles. The molecule has 1 aliphatic rings. The van der Waals surface area contributed by atoms with Gasteiger partial charge in [-0.2, -0.15) is 0 Å². The quantitative estimate of drug-likeness (QED) is 0.223. The molecule has 0 aromatic heterocycles. The zero-order valence-corrected chi connectivity index (χ0v) is 20.6. The van der Waals surface area contributed by atoms with Crippen LogP contribution in [0.4, 0.5) is 10.5 Å². The molecule has 0 radical (unpaired) electrons. The van der Waals surface area contributed by atoms with Crippen LogP contribution in [-0.2, 0) is 16.2 Å². The Morgan fingerprint density at radius 3 is 2.18 bits per heavy atom. The number of imide groups is 2. The Kier molecular flexibility index (Phi) is 6.01. The first-order valence-electron chi connectivity index (χ1n) is 12.3. The summed E-state index contributed by atoms with van der Waals surface area (Å²) in [6.45, 7) is 0.272. The molecular formula is C32H22N2O5.